The third-order valence-electron chi connectivity index (χ3n) is 2.39. The van der Waals surface area contributed by atoms with Gasteiger partial charge in [0.1, 0.15) is 5.82 Å². The third-order valence-corrected chi connectivity index (χ3v) is 4.32. The number of sulfonamides is 1. The van der Waals surface area contributed by atoms with E-state index in [0.717, 1.165) is 6.07 Å². The minimum atomic E-state index is -3.53. The fourth-order valence-corrected chi connectivity index (χ4v) is 2.45. The topological polar surface area (TPSA) is 63.4 Å². The van der Waals surface area contributed by atoms with Gasteiger partial charge in [-0.3, -0.25) is 0 Å². The molecule has 1 rings (SSSR count). The SMILES string of the molecule is CCN(C)S(=O)(=O)c1ccc(F)c(CN)c1. The van der Waals surface area contributed by atoms with E-state index in [0.29, 0.717) is 6.54 Å². The van der Waals surface area contributed by atoms with E-state index in [1.54, 1.807) is 6.92 Å². The predicted molar refractivity (Wildman–Crippen MR) is 59.8 cm³/mol. The molecule has 0 spiro atoms. The first-order valence-corrected chi connectivity index (χ1v) is 6.32. The second kappa shape index (κ2) is 4.90. The van der Waals surface area contributed by atoms with Crippen molar-refractivity contribution < 1.29 is 12.8 Å². The molecule has 0 atom stereocenters. The first-order valence-electron chi connectivity index (χ1n) is 4.88. The molecule has 6 heteroatoms. The predicted octanol–water partition coefficient (Wildman–Crippen LogP) is 0.925. The van der Waals surface area contributed by atoms with E-state index < -0.39 is 15.8 Å². The van der Waals surface area contributed by atoms with E-state index in [1.807, 2.05) is 0 Å². The summed E-state index contributed by atoms with van der Waals surface area (Å²) in [7, 11) is -2.05. The molecule has 2 N–H and O–H groups in total. The number of halogens is 1. The van der Waals surface area contributed by atoms with E-state index in [1.165, 1.54) is 23.5 Å². The molecule has 0 bridgehead atoms. The summed E-state index contributed by atoms with van der Waals surface area (Å²) in [5.41, 5.74) is 5.52. The zero-order valence-corrected chi connectivity index (χ0v) is 10.1. The smallest absolute Gasteiger partial charge is 0.242 e. The fraction of sp³-hybridized carbons (Fsp3) is 0.400. The lowest BCUT2D eigenvalue weighted by Crippen LogP contribution is -2.26. The summed E-state index contributed by atoms with van der Waals surface area (Å²) in [5, 5.41) is 0. The van der Waals surface area contributed by atoms with Gasteiger partial charge in [-0.2, -0.15) is 0 Å². The Kier molecular flexibility index (Phi) is 4.01. The highest BCUT2D eigenvalue weighted by atomic mass is 32.2. The molecule has 1 aromatic rings. The highest BCUT2D eigenvalue weighted by Crippen LogP contribution is 2.17. The van der Waals surface area contributed by atoms with Crippen molar-refractivity contribution in [1.29, 1.82) is 0 Å². The first kappa shape index (κ1) is 13.1. The van der Waals surface area contributed by atoms with E-state index in [2.05, 4.69) is 0 Å². The molecule has 16 heavy (non-hydrogen) atoms. The van der Waals surface area contributed by atoms with E-state index in [4.69, 9.17) is 5.73 Å². The van der Waals surface area contributed by atoms with Gasteiger partial charge in [0.05, 0.1) is 4.90 Å². The van der Waals surface area contributed by atoms with Crippen molar-refractivity contribution in [1.82, 2.24) is 4.31 Å². The summed E-state index contributed by atoms with van der Waals surface area (Å²) in [5.74, 6) is -0.486. The monoisotopic (exact) mass is 246 g/mol. The van der Waals surface area contributed by atoms with Crippen molar-refractivity contribution in [3.8, 4) is 0 Å². The Morgan fingerprint density at radius 2 is 2.06 bits per heavy atom. The number of hydrogen-bond acceptors (Lipinski definition) is 3. The van der Waals surface area contributed by atoms with Gasteiger partial charge in [0.25, 0.3) is 0 Å². The van der Waals surface area contributed by atoms with Gasteiger partial charge < -0.3 is 5.73 Å². The number of rotatable bonds is 4. The molecule has 0 aliphatic heterocycles. The first-order chi connectivity index (χ1) is 7.43. The standard InChI is InChI=1S/C10H15FN2O2S/c1-3-13(2)16(14,15)9-4-5-10(11)8(6-9)7-12/h4-6H,3,7,12H2,1-2H3. The van der Waals surface area contributed by atoms with Gasteiger partial charge in [-0.15, -0.1) is 0 Å². The molecule has 1 aromatic carbocycles. The molecule has 0 fully saturated rings. The van der Waals surface area contributed by atoms with E-state index >= 15 is 0 Å². The van der Waals surface area contributed by atoms with Crippen LogP contribution in [0.4, 0.5) is 4.39 Å². The highest BCUT2D eigenvalue weighted by Gasteiger charge is 2.20. The Bertz CT molecular complexity index is 474. The maximum Gasteiger partial charge on any atom is 0.242 e. The quantitative estimate of drug-likeness (QED) is 0.859. The van der Waals surface area contributed by atoms with Crippen LogP contribution in [0.25, 0.3) is 0 Å². The Morgan fingerprint density at radius 1 is 1.44 bits per heavy atom. The molecule has 0 aromatic heterocycles. The van der Waals surface area contributed by atoms with Crippen molar-refractivity contribution >= 4 is 10.0 Å². The van der Waals surface area contributed by atoms with Gasteiger partial charge in [-0.25, -0.2) is 17.1 Å². The van der Waals surface area contributed by atoms with Crippen LogP contribution < -0.4 is 5.73 Å². The molecule has 0 saturated carbocycles. The van der Waals surface area contributed by atoms with Crippen LogP contribution in [0.2, 0.25) is 0 Å². The van der Waals surface area contributed by atoms with Crippen molar-refractivity contribution in [3.63, 3.8) is 0 Å². The molecule has 0 unspecified atom stereocenters. The van der Waals surface area contributed by atoms with Crippen LogP contribution in [0.5, 0.6) is 0 Å². The number of nitrogens with zero attached hydrogens (tertiary/aromatic N) is 1. The van der Waals surface area contributed by atoms with Gasteiger partial charge >= 0.3 is 0 Å². The van der Waals surface area contributed by atoms with Crippen LogP contribution in [-0.4, -0.2) is 26.3 Å². The summed E-state index contributed by atoms with van der Waals surface area (Å²) in [6.07, 6.45) is 0. The summed E-state index contributed by atoms with van der Waals surface area (Å²) >= 11 is 0. The van der Waals surface area contributed by atoms with Gasteiger partial charge in [0, 0.05) is 25.7 Å². The van der Waals surface area contributed by atoms with Gasteiger partial charge in [-0.05, 0) is 18.2 Å². The molecule has 4 nitrogen and oxygen atoms in total. The fourth-order valence-electron chi connectivity index (χ4n) is 1.22. The van der Waals surface area contributed by atoms with Crippen molar-refractivity contribution in [3.05, 3.63) is 29.6 Å². The lowest BCUT2D eigenvalue weighted by molar-refractivity contribution is 0.486. The molecular formula is C10H15FN2O2S. The molecule has 0 amide bonds. The van der Waals surface area contributed by atoms with Crippen molar-refractivity contribution in [2.45, 2.75) is 18.4 Å². The van der Waals surface area contributed by atoms with Crippen LogP contribution in [0, 0.1) is 5.82 Å². The normalized spacial score (nSPS) is 12.1. The van der Waals surface area contributed by atoms with Crippen LogP contribution in [0.3, 0.4) is 0 Å². The second-order valence-electron chi connectivity index (χ2n) is 3.38. The molecule has 90 valence electrons. The average molecular weight is 246 g/mol. The summed E-state index contributed by atoms with van der Waals surface area (Å²) < 4.78 is 38.2. The van der Waals surface area contributed by atoms with Crippen molar-refractivity contribution in [2.24, 2.45) is 5.73 Å². The minimum absolute atomic E-state index is 0.0228. The maximum absolute atomic E-state index is 13.2. The Hall–Kier alpha value is -0.980. The minimum Gasteiger partial charge on any atom is -0.326 e. The van der Waals surface area contributed by atoms with Crippen molar-refractivity contribution in [2.75, 3.05) is 13.6 Å². The van der Waals surface area contributed by atoms with E-state index in [-0.39, 0.29) is 17.0 Å². The molecular weight excluding hydrogens is 231 g/mol. The summed E-state index contributed by atoms with van der Waals surface area (Å²) in [4.78, 5) is 0.0682. The Morgan fingerprint density at radius 3 is 2.56 bits per heavy atom. The van der Waals surface area contributed by atoms with Crippen LogP contribution in [-0.2, 0) is 16.6 Å². The molecule has 0 aliphatic rings. The van der Waals surface area contributed by atoms with E-state index in [9.17, 15) is 12.8 Å². The largest absolute Gasteiger partial charge is 0.326 e. The lowest BCUT2D eigenvalue weighted by atomic mass is 10.2. The van der Waals surface area contributed by atoms with Crippen LogP contribution in [0.1, 0.15) is 12.5 Å². The van der Waals surface area contributed by atoms with Crippen LogP contribution in [0.15, 0.2) is 23.1 Å². The van der Waals surface area contributed by atoms with Gasteiger partial charge in [0.2, 0.25) is 10.0 Å². The maximum atomic E-state index is 13.2. The summed E-state index contributed by atoms with van der Waals surface area (Å²) in [6.45, 7) is 2.06. The second-order valence-corrected chi connectivity index (χ2v) is 5.42. The summed E-state index contributed by atoms with van der Waals surface area (Å²) in [6, 6.07) is 3.64. The molecule has 0 aliphatic carbocycles. The lowest BCUT2D eigenvalue weighted by Gasteiger charge is -2.15. The Labute approximate surface area is 94.9 Å². The Balaban J connectivity index is 3.24. The van der Waals surface area contributed by atoms with Gasteiger partial charge in [-0.1, -0.05) is 6.92 Å². The number of hydrogen-bond donors (Lipinski definition) is 1. The zero-order valence-electron chi connectivity index (χ0n) is 9.27. The zero-order chi connectivity index (χ0) is 12.3. The number of benzene rings is 1. The highest BCUT2D eigenvalue weighted by molar-refractivity contribution is 7.89. The third kappa shape index (κ3) is 2.40. The molecule has 0 heterocycles. The number of nitrogens with two attached hydrogens (primary N) is 1. The molecule has 0 radical (unpaired) electrons. The average Bonchev–Trinajstić information content (AvgIpc) is 2.28. The van der Waals surface area contributed by atoms with Gasteiger partial charge in [0.15, 0.2) is 0 Å². The van der Waals surface area contributed by atoms with Crippen LogP contribution >= 0.6 is 0 Å². The molecule has 0 saturated heterocycles.